The fraction of sp³-hybridized carbons (Fsp3) is 0.0769. The summed E-state index contributed by atoms with van der Waals surface area (Å²) in [5.74, 6) is 0.475. The lowest BCUT2D eigenvalue weighted by molar-refractivity contribution is -0.401. The highest BCUT2D eigenvalue weighted by atomic mass is 16.6. The maximum Gasteiger partial charge on any atom is 0.433 e. The van der Waals surface area contributed by atoms with E-state index >= 15 is 0 Å². The van der Waals surface area contributed by atoms with E-state index in [1.165, 1.54) is 12.1 Å². The number of benzene rings is 1. The van der Waals surface area contributed by atoms with Gasteiger partial charge in [-0.1, -0.05) is 35.5 Å². The van der Waals surface area contributed by atoms with Crippen molar-refractivity contribution < 1.29 is 13.9 Å². The van der Waals surface area contributed by atoms with Crippen LogP contribution in [0.15, 0.2) is 51.4 Å². The predicted octanol–water partition coefficient (Wildman–Crippen LogP) is 2.83. The molecular formula is C13H9N3O4. The second kappa shape index (κ2) is 4.96. The van der Waals surface area contributed by atoms with Crippen LogP contribution in [0.2, 0.25) is 0 Å². The molecule has 0 amide bonds. The van der Waals surface area contributed by atoms with Gasteiger partial charge in [-0.3, -0.25) is 10.1 Å². The van der Waals surface area contributed by atoms with E-state index in [4.69, 9.17) is 8.94 Å². The van der Waals surface area contributed by atoms with Crippen LogP contribution < -0.4 is 0 Å². The van der Waals surface area contributed by atoms with Crippen LogP contribution in [0.25, 0.3) is 11.6 Å². The molecule has 100 valence electrons. The van der Waals surface area contributed by atoms with E-state index in [1.807, 2.05) is 30.3 Å². The van der Waals surface area contributed by atoms with Crippen LogP contribution in [0.4, 0.5) is 5.88 Å². The Labute approximate surface area is 113 Å². The van der Waals surface area contributed by atoms with E-state index in [2.05, 4.69) is 10.1 Å². The molecule has 7 nitrogen and oxygen atoms in total. The first-order valence-corrected chi connectivity index (χ1v) is 5.83. The zero-order valence-corrected chi connectivity index (χ0v) is 10.2. The number of rotatable bonds is 4. The first-order chi connectivity index (χ1) is 9.72. The normalized spacial score (nSPS) is 10.6. The topological polar surface area (TPSA) is 95.2 Å². The highest BCUT2D eigenvalue weighted by Gasteiger charge is 2.17. The molecule has 1 aromatic carbocycles. The summed E-state index contributed by atoms with van der Waals surface area (Å²) >= 11 is 0. The zero-order valence-electron chi connectivity index (χ0n) is 10.2. The lowest BCUT2D eigenvalue weighted by atomic mass is 10.1. The van der Waals surface area contributed by atoms with Gasteiger partial charge in [0.2, 0.25) is 11.7 Å². The first kappa shape index (κ1) is 12.1. The molecule has 2 heterocycles. The first-order valence-electron chi connectivity index (χ1n) is 5.83. The molecule has 0 aliphatic heterocycles. The van der Waals surface area contributed by atoms with Crippen molar-refractivity contribution in [2.75, 3.05) is 0 Å². The zero-order chi connectivity index (χ0) is 13.9. The van der Waals surface area contributed by atoms with Crippen molar-refractivity contribution >= 4 is 5.88 Å². The van der Waals surface area contributed by atoms with E-state index < -0.39 is 4.92 Å². The second-order valence-electron chi connectivity index (χ2n) is 4.07. The minimum absolute atomic E-state index is 0.198. The van der Waals surface area contributed by atoms with Crippen molar-refractivity contribution in [2.24, 2.45) is 0 Å². The number of nitrogens with zero attached hydrogens (tertiary/aromatic N) is 3. The van der Waals surface area contributed by atoms with E-state index in [1.54, 1.807) is 0 Å². The standard InChI is InChI=1S/C13H9N3O4/c17-16(18)12-7-6-10(19-12)13-14-11(20-15-13)8-9-4-2-1-3-5-9/h1-7H,8H2. The molecule has 3 rings (SSSR count). The quantitative estimate of drug-likeness (QED) is 0.534. The minimum Gasteiger partial charge on any atom is -0.397 e. The Balaban J connectivity index is 1.81. The Morgan fingerprint density at radius 3 is 2.65 bits per heavy atom. The molecule has 0 spiro atoms. The largest absolute Gasteiger partial charge is 0.433 e. The van der Waals surface area contributed by atoms with Gasteiger partial charge in [-0.25, -0.2) is 0 Å². The molecule has 20 heavy (non-hydrogen) atoms. The maximum absolute atomic E-state index is 10.5. The molecule has 0 N–H and O–H groups in total. The molecular weight excluding hydrogens is 262 g/mol. The van der Waals surface area contributed by atoms with Crippen molar-refractivity contribution in [1.82, 2.24) is 10.1 Å². The summed E-state index contributed by atoms with van der Waals surface area (Å²) in [6.45, 7) is 0. The van der Waals surface area contributed by atoms with E-state index in [0.29, 0.717) is 12.3 Å². The Kier molecular flexibility index (Phi) is 3.00. The lowest BCUT2D eigenvalue weighted by Gasteiger charge is -1.93. The van der Waals surface area contributed by atoms with E-state index in [9.17, 15) is 10.1 Å². The molecule has 2 aromatic heterocycles. The third-order valence-corrected chi connectivity index (χ3v) is 2.66. The minimum atomic E-state index is -0.617. The molecule has 0 fully saturated rings. The van der Waals surface area contributed by atoms with Gasteiger partial charge in [-0.2, -0.15) is 4.98 Å². The number of furan rings is 1. The van der Waals surface area contributed by atoms with Crippen molar-refractivity contribution in [3.8, 4) is 11.6 Å². The predicted molar refractivity (Wildman–Crippen MR) is 67.9 cm³/mol. The van der Waals surface area contributed by atoms with Crippen molar-refractivity contribution in [1.29, 1.82) is 0 Å². The van der Waals surface area contributed by atoms with Gasteiger partial charge in [0.1, 0.15) is 4.92 Å². The summed E-state index contributed by atoms with van der Waals surface area (Å²) in [5.41, 5.74) is 1.04. The third-order valence-electron chi connectivity index (χ3n) is 2.66. The van der Waals surface area contributed by atoms with E-state index in [-0.39, 0.29) is 17.5 Å². The SMILES string of the molecule is O=[N+]([O-])c1ccc(-c2noc(Cc3ccccc3)n2)o1. The van der Waals surface area contributed by atoms with Gasteiger partial charge >= 0.3 is 5.88 Å². The van der Waals surface area contributed by atoms with Crippen LogP contribution in [0.5, 0.6) is 0 Å². The molecule has 0 bridgehead atoms. The molecule has 0 saturated carbocycles. The fourth-order valence-corrected chi connectivity index (χ4v) is 1.74. The Bertz CT molecular complexity index is 733. The Hall–Kier alpha value is -2.96. The lowest BCUT2D eigenvalue weighted by Crippen LogP contribution is -1.87. The van der Waals surface area contributed by atoms with Crippen LogP contribution in [-0.4, -0.2) is 15.1 Å². The van der Waals surface area contributed by atoms with Gasteiger partial charge in [-0.05, 0) is 11.6 Å². The van der Waals surface area contributed by atoms with Crippen LogP contribution in [0, 0.1) is 10.1 Å². The van der Waals surface area contributed by atoms with Gasteiger partial charge in [0.25, 0.3) is 0 Å². The number of hydrogen-bond donors (Lipinski definition) is 0. The highest BCUT2D eigenvalue weighted by Crippen LogP contribution is 2.24. The maximum atomic E-state index is 10.5. The average molecular weight is 271 g/mol. The van der Waals surface area contributed by atoms with Crippen LogP contribution >= 0.6 is 0 Å². The number of nitro groups is 1. The molecule has 0 aliphatic rings. The molecule has 0 unspecified atom stereocenters. The summed E-state index contributed by atoms with van der Waals surface area (Å²) in [6.07, 6.45) is 0.497. The third kappa shape index (κ3) is 2.41. The molecule has 7 heteroatoms. The molecule has 0 saturated heterocycles. The Morgan fingerprint density at radius 1 is 1.15 bits per heavy atom. The Morgan fingerprint density at radius 2 is 1.95 bits per heavy atom. The van der Waals surface area contributed by atoms with Gasteiger partial charge < -0.3 is 8.94 Å². The molecule has 0 aliphatic carbocycles. The fourth-order valence-electron chi connectivity index (χ4n) is 1.74. The van der Waals surface area contributed by atoms with Gasteiger partial charge in [0.15, 0.2) is 5.76 Å². The highest BCUT2D eigenvalue weighted by molar-refractivity contribution is 5.48. The second-order valence-corrected chi connectivity index (χ2v) is 4.07. The molecule has 0 atom stereocenters. The van der Waals surface area contributed by atoms with Gasteiger partial charge in [0, 0.05) is 0 Å². The average Bonchev–Trinajstić information content (AvgIpc) is 3.08. The van der Waals surface area contributed by atoms with E-state index in [0.717, 1.165) is 5.56 Å². The van der Waals surface area contributed by atoms with Crippen molar-refractivity contribution in [3.05, 3.63) is 64.0 Å². The summed E-state index contributed by atoms with van der Waals surface area (Å²) in [7, 11) is 0. The van der Waals surface area contributed by atoms with Crippen LogP contribution in [-0.2, 0) is 6.42 Å². The molecule has 0 radical (unpaired) electrons. The van der Waals surface area contributed by atoms with Crippen molar-refractivity contribution in [3.63, 3.8) is 0 Å². The van der Waals surface area contributed by atoms with Gasteiger partial charge in [0.05, 0.1) is 12.5 Å². The smallest absolute Gasteiger partial charge is 0.397 e. The van der Waals surface area contributed by atoms with Gasteiger partial charge in [-0.15, -0.1) is 0 Å². The monoisotopic (exact) mass is 271 g/mol. The summed E-state index contributed by atoms with van der Waals surface area (Å²) in [6, 6.07) is 12.3. The summed E-state index contributed by atoms with van der Waals surface area (Å²) in [5, 5.41) is 14.3. The summed E-state index contributed by atoms with van der Waals surface area (Å²) in [4.78, 5) is 14.1. The molecule has 3 aromatic rings. The number of aromatic nitrogens is 2. The van der Waals surface area contributed by atoms with Crippen LogP contribution in [0.3, 0.4) is 0 Å². The summed E-state index contributed by atoms with van der Waals surface area (Å²) < 4.78 is 10.1. The van der Waals surface area contributed by atoms with Crippen LogP contribution in [0.1, 0.15) is 11.5 Å². The van der Waals surface area contributed by atoms with Crippen molar-refractivity contribution in [2.45, 2.75) is 6.42 Å². The number of hydrogen-bond acceptors (Lipinski definition) is 6.